The van der Waals surface area contributed by atoms with Crippen molar-refractivity contribution in [3.63, 3.8) is 0 Å². The number of hydrogen-bond acceptors (Lipinski definition) is 6. The molecule has 140 valence electrons. The molecule has 0 saturated carbocycles. The molecule has 1 atom stereocenters. The zero-order valence-electron chi connectivity index (χ0n) is 15.4. The summed E-state index contributed by atoms with van der Waals surface area (Å²) in [6, 6.07) is 7.07. The Morgan fingerprint density at radius 3 is 2.74 bits per heavy atom. The molecule has 7 heteroatoms. The second kappa shape index (κ2) is 7.13. The monoisotopic (exact) mass is 400 g/mol. The summed E-state index contributed by atoms with van der Waals surface area (Å²) in [5, 5.41) is 1.01. The SMILES string of the molecule is COc1ccc(C(=O)C(C)Sc2nc3sc4c(c3c(=O)n2C)CCC4)cc1. The molecular weight excluding hydrogens is 380 g/mol. The van der Waals surface area contributed by atoms with E-state index in [1.807, 2.05) is 6.92 Å². The molecule has 4 rings (SSSR count). The number of nitrogens with zero attached hydrogens (tertiary/aromatic N) is 2. The standard InChI is InChI=1S/C20H20N2O3S2/c1-11(17(23)12-7-9-13(25-3)10-8-12)26-20-21-18-16(19(24)22(20)2)14-5-4-6-15(14)27-18/h7-11H,4-6H2,1-3H3. The van der Waals surface area contributed by atoms with Gasteiger partial charge in [-0.2, -0.15) is 0 Å². The molecule has 1 aliphatic rings. The van der Waals surface area contributed by atoms with Crippen molar-refractivity contribution in [2.24, 2.45) is 7.05 Å². The number of ether oxygens (including phenoxy) is 1. The van der Waals surface area contributed by atoms with Gasteiger partial charge < -0.3 is 4.74 Å². The van der Waals surface area contributed by atoms with Crippen LogP contribution in [0.15, 0.2) is 34.2 Å². The topological polar surface area (TPSA) is 61.2 Å². The van der Waals surface area contributed by atoms with Crippen molar-refractivity contribution in [3.8, 4) is 5.75 Å². The highest BCUT2D eigenvalue weighted by atomic mass is 32.2. The number of methoxy groups -OCH3 is 1. The van der Waals surface area contributed by atoms with E-state index in [-0.39, 0.29) is 16.6 Å². The van der Waals surface area contributed by atoms with Crippen molar-refractivity contribution in [2.45, 2.75) is 36.6 Å². The van der Waals surface area contributed by atoms with Crippen LogP contribution in [0.25, 0.3) is 10.2 Å². The lowest BCUT2D eigenvalue weighted by Crippen LogP contribution is -2.22. The lowest BCUT2D eigenvalue weighted by atomic mass is 10.1. The fourth-order valence-electron chi connectivity index (χ4n) is 3.41. The molecule has 0 amide bonds. The predicted octanol–water partition coefficient (Wildman–Crippen LogP) is 3.86. The van der Waals surface area contributed by atoms with Crippen molar-refractivity contribution < 1.29 is 9.53 Å². The van der Waals surface area contributed by atoms with Gasteiger partial charge in [-0.25, -0.2) is 4.98 Å². The Hall–Kier alpha value is -2.12. The first-order valence-electron chi connectivity index (χ1n) is 8.85. The van der Waals surface area contributed by atoms with Gasteiger partial charge in [0.1, 0.15) is 10.6 Å². The average Bonchev–Trinajstić information content (AvgIpc) is 3.26. The summed E-state index contributed by atoms with van der Waals surface area (Å²) in [5.41, 5.74) is 1.80. The van der Waals surface area contributed by atoms with Gasteiger partial charge in [-0.15, -0.1) is 11.3 Å². The molecule has 5 nitrogen and oxygen atoms in total. The summed E-state index contributed by atoms with van der Waals surface area (Å²) in [6.07, 6.45) is 3.11. The Morgan fingerprint density at radius 1 is 1.30 bits per heavy atom. The molecule has 3 aromatic rings. The van der Waals surface area contributed by atoms with Crippen LogP contribution in [0.3, 0.4) is 0 Å². The smallest absolute Gasteiger partial charge is 0.262 e. The second-order valence-corrected chi connectivity index (χ2v) is 9.04. The number of carbonyl (C=O) groups excluding carboxylic acids is 1. The highest BCUT2D eigenvalue weighted by molar-refractivity contribution is 8.00. The third-order valence-electron chi connectivity index (χ3n) is 4.93. The normalized spacial score (nSPS) is 14.3. The van der Waals surface area contributed by atoms with E-state index in [1.165, 1.54) is 22.2 Å². The molecule has 0 fully saturated rings. The number of aromatic nitrogens is 2. The number of thiophene rings is 1. The number of ketones is 1. The summed E-state index contributed by atoms with van der Waals surface area (Å²) >= 11 is 2.95. The quantitative estimate of drug-likeness (QED) is 0.370. The van der Waals surface area contributed by atoms with Crippen LogP contribution in [0, 0.1) is 0 Å². The largest absolute Gasteiger partial charge is 0.497 e. The average molecular weight is 401 g/mol. The molecule has 27 heavy (non-hydrogen) atoms. The van der Waals surface area contributed by atoms with Crippen LogP contribution in [0.1, 0.15) is 34.1 Å². The molecule has 0 saturated heterocycles. The minimum Gasteiger partial charge on any atom is -0.497 e. The zero-order valence-corrected chi connectivity index (χ0v) is 17.1. The molecule has 1 aromatic carbocycles. The Balaban J connectivity index is 1.63. The van der Waals surface area contributed by atoms with E-state index in [0.717, 1.165) is 29.5 Å². The third-order valence-corrected chi connectivity index (χ3v) is 7.26. The molecule has 0 radical (unpaired) electrons. The Morgan fingerprint density at radius 2 is 2.04 bits per heavy atom. The molecule has 0 spiro atoms. The summed E-state index contributed by atoms with van der Waals surface area (Å²) in [6.45, 7) is 1.85. The van der Waals surface area contributed by atoms with Crippen molar-refractivity contribution in [1.29, 1.82) is 0 Å². The van der Waals surface area contributed by atoms with Gasteiger partial charge in [-0.3, -0.25) is 14.2 Å². The number of hydrogen-bond donors (Lipinski definition) is 0. The summed E-state index contributed by atoms with van der Waals surface area (Å²) in [7, 11) is 3.33. The molecule has 0 bridgehead atoms. The zero-order chi connectivity index (χ0) is 19.1. The molecule has 1 unspecified atom stereocenters. The van der Waals surface area contributed by atoms with Gasteiger partial charge in [0.15, 0.2) is 10.9 Å². The molecule has 2 heterocycles. The van der Waals surface area contributed by atoms with Gasteiger partial charge in [-0.1, -0.05) is 11.8 Å². The van der Waals surface area contributed by atoms with E-state index in [1.54, 1.807) is 54.3 Å². The van der Waals surface area contributed by atoms with Crippen molar-refractivity contribution in [2.75, 3.05) is 7.11 Å². The van der Waals surface area contributed by atoms with Crippen LogP contribution < -0.4 is 10.3 Å². The lowest BCUT2D eigenvalue weighted by Gasteiger charge is -2.13. The highest BCUT2D eigenvalue weighted by Crippen LogP contribution is 2.36. The number of thioether (sulfide) groups is 1. The summed E-state index contributed by atoms with van der Waals surface area (Å²) < 4.78 is 6.72. The van der Waals surface area contributed by atoms with Crippen molar-refractivity contribution >= 4 is 39.1 Å². The minimum absolute atomic E-state index is 0.00525. The first-order chi connectivity index (χ1) is 13.0. The molecule has 2 aromatic heterocycles. The van der Waals surface area contributed by atoms with Crippen molar-refractivity contribution in [1.82, 2.24) is 9.55 Å². The van der Waals surface area contributed by atoms with Gasteiger partial charge in [0.25, 0.3) is 5.56 Å². The number of fused-ring (bicyclic) bond motifs is 3. The van der Waals surface area contributed by atoms with E-state index < -0.39 is 0 Å². The van der Waals surface area contributed by atoms with Gasteiger partial charge in [0, 0.05) is 17.5 Å². The van der Waals surface area contributed by atoms with Gasteiger partial charge in [0.05, 0.1) is 17.7 Å². The fraction of sp³-hybridized carbons (Fsp3) is 0.350. The van der Waals surface area contributed by atoms with Gasteiger partial charge >= 0.3 is 0 Å². The number of aryl methyl sites for hydroxylation is 2. The Labute approximate surface area is 165 Å². The van der Waals surface area contributed by atoms with Crippen LogP contribution in [-0.2, 0) is 19.9 Å². The Bertz CT molecular complexity index is 1080. The summed E-state index contributed by atoms with van der Waals surface area (Å²) in [5.74, 6) is 0.720. The van der Waals surface area contributed by atoms with E-state index in [0.29, 0.717) is 16.5 Å². The van der Waals surface area contributed by atoms with E-state index in [4.69, 9.17) is 9.72 Å². The first-order valence-corrected chi connectivity index (χ1v) is 10.6. The first kappa shape index (κ1) is 18.3. The van der Waals surface area contributed by atoms with Crippen LogP contribution in [-0.4, -0.2) is 27.7 Å². The number of Topliss-reactive ketones (excluding diaryl/α,β-unsaturated/α-hetero) is 1. The number of benzene rings is 1. The van der Waals surface area contributed by atoms with Crippen LogP contribution in [0.2, 0.25) is 0 Å². The highest BCUT2D eigenvalue weighted by Gasteiger charge is 2.24. The van der Waals surface area contributed by atoms with E-state index in [2.05, 4.69) is 0 Å². The van der Waals surface area contributed by atoms with Crippen LogP contribution >= 0.6 is 23.1 Å². The summed E-state index contributed by atoms with van der Waals surface area (Å²) in [4.78, 5) is 32.4. The van der Waals surface area contributed by atoms with E-state index in [9.17, 15) is 9.59 Å². The lowest BCUT2D eigenvalue weighted by molar-refractivity contribution is 0.0994. The number of carbonyl (C=O) groups is 1. The number of rotatable bonds is 5. The van der Waals surface area contributed by atoms with Gasteiger partial charge in [0.2, 0.25) is 0 Å². The molecule has 1 aliphatic carbocycles. The maximum Gasteiger partial charge on any atom is 0.262 e. The second-order valence-electron chi connectivity index (χ2n) is 6.65. The fourth-order valence-corrected chi connectivity index (χ4v) is 5.67. The van der Waals surface area contributed by atoms with Crippen LogP contribution in [0.4, 0.5) is 0 Å². The molecule has 0 N–H and O–H groups in total. The van der Waals surface area contributed by atoms with Gasteiger partial charge in [-0.05, 0) is 56.0 Å². The third kappa shape index (κ3) is 3.19. The maximum atomic E-state index is 12.9. The van der Waals surface area contributed by atoms with Crippen molar-refractivity contribution in [3.05, 3.63) is 50.6 Å². The van der Waals surface area contributed by atoms with Crippen LogP contribution in [0.5, 0.6) is 5.75 Å². The predicted molar refractivity (Wildman–Crippen MR) is 110 cm³/mol. The molecule has 0 aliphatic heterocycles. The van der Waals surface area contributed by atoms with E-state index >= 15 is 0 Å². The maximum absolute atomic E-state index is 12.9. The molecular formula is C20H20N2O3S2. The minimum atomic E-state index is -0.347. The Kier molecular flexibility index (Phi) is 4.82.